The van der Waals surface area contributed by atoms with Crippen LogP contribution in [-0.2, 0) is 17.6 Å². The lowest BCUT2D eigenvalue weighted by molar-refractivity contribution is -0.121. The lowest BCUT2D eigenvalue weighted by Gasteiger charge is -2.14. The summed E-state index contributed by atoms with van der Waals surface area (Å²) in [6.45, 7) is 8.39. The summed E-state index contributed by atoms with van der Waals surface area (Å²) in [4.78, 5) is 17.8. The third-order valence-electron chi connectivity index (χ3n) is 3.77. The lowest BCUT2D eigenvalue weighted by Crippen LogP contribution is -2.14. The molecular weight excluding hydrogens is 284 g/mol. The van der Waals surface area contributed by atoms with Crippen LogP contribution in [0.5, 0.6) is 0 Å². The van der Waals surface area contributed by atoms with Gasteiger partial charge in [-0.25, -0.2) is 0 Å². The molecule has 2 heterocycles. The van der Waals surface area contributed by atoms with Crippen molar-refractivity contribution in [2.45, 2.75) is 52.4 Å². The van der Waals surface area contributed by atoms with Crippen LogP contribution in [0.15, 0.2) is 24.3 Å². The maximum atomic E-state index is 12.7. The molecule has 2 rings (SSSR count). The van der Waals surface area contributed by atoms with E-state index >= 15 is 0 Å². The zero-order valence-electron chi connectivity index (χ0n) is 12.6. The second-order valence-corrected chi connectivity index (χ2v) is 7.56. The Morgan fingerprint density at radius 1 is 0.900 bits per heavy atom. The number of Topliss-reactive ketones (excluding diaryl/α,β-unsaturated/α-hetero) is 1. The van der Waals surface area contributed by atoms with E-state index in [0.29, 0.717) is 5.78 Å². The molecule has 0 saturated heterocycles. The Hall–Kier alpha value is -0.930. The van der Waals surface area contributed by atoms with Crippen LogP contribution < -0.4 is 0 Å². The standard InChI is InChI=1S/C17H22OS2/c1-5-13-7-9-15(19-13)11(3)17(18)12(4)16-10-8-14(6-2)20-16/h7-12H,5-6H2,1-4H3. The molecule has 108 valence electrons. The van der Waals surface area contributed by atoms with Crippen molar-refractivity contribution in [2.75, 3.05) is 0 Å². The molecule has 0 radical (unpaired) electrons. The number of hydrogen-bond donors (Lipinski definition) is 0. The fourth-order valence-corrected chi connectivity index (χ4v) is 4.31. The maximum Gasteiger partial charge on any atom is 0.148 e. The summed E-state index contributed by atoms with van der Waals surface area (Å²) in [5, 5.41) is 0. The molecule has 0 aliphatic carbocycles. The predicted octanol–water partition coefficient (Wildman–Crippen LogP) is 5.41. The van der Waals surface area contributed by atoms with Crippen LogP contribution in [0.25, 0.3) is 0 Å². The van der Waals surface area contributed by atoms with Crippen molar-refractivity contribution < 1.29 is 4.79 Å². The highest BCUT2D eigenvalue weighted by molar-refractivity contribution is 7.12. The van der Waals surface area contributed by atoms with Crippen molar-refractivity contribution in [3.63, 3.8) is 0 Å². The Bertz CT molecular complexity index is 529. The maximum absolute atomic E-state index is 12.7. The van der Waals surface area contributed by atoms with Gasteiger partial charge in [0.15, 0.2) is 0 Å². The molecule has 0 N–H and O–H groups in total. The molecule has 0 aliphatic heterocycles. The largest absolute Gasteiger partial charge is 0.298 e. The molecule has 2 atom stereocenters. The second kappa shape index (κ2) is 6.68. The minimum atomic E-state index is 0.00229. The summed E-state index contributed by atoms with van der Waals surface area (Å²) in [5.41, 5.74) is 0. The van der Waals surface area contributed by atoms with E-state index in [2.05, 4.69) is 38.1 Å². The smallest absolute Gasteiger partial charge is 0.148 e. The van der Waals surface area contributed by atoms with Crippen LogP contribution in [0, 0.1) is 0 Å². The van der Waals surface area contributed by atoms with Gasteiger partial charge >= 0.3 is 0 Å². The van der Waals surface area contributed by atoms with E-state index in [1.807, 2.05) is 13.8 Å². The Morgan fingerprint density at radius 3 is 1.60 bits per heavy atom. The molecule has 2 aromatic heterocycles. The summed E-state index contributed by atoms with van der Waals surface area (Å²) in [6, 6.07) is 8.53. The molecule has 2 unspecified atom stereocenters. The quantitative estimate of drug-likeness (QED) is 0.697. The monoisotopic (exact) mass is 306 g/mol. The minimum Gasteiger partial charge on any atom is -0.298 e. The van der Waals surface area contributed by atoms with Crippen LogP contribution in [-0.4, -0.2) is 5.78 Å². The van der Waals surface area contributed by atoms with Crippen molar-refractivity contribution in [2.24, 2.45) is 0 Å². The number of thiophene rings is 2. The van der Waals surface area contributed by atoms with Crippen LogP contribution in [0.3, 0.4) is 0 Å². The summed E-state index contributed by atoms with van der Waals surface area (Å²) < 4.78 is 0. The minimum absolute atomic E-state index is 0.00229. The van der Waals surface area contributed by atoms with Gasteiger partial charge in [0.1, 0.15) is 5.78 Å². The van der Waals surface area contributed by atoms with Gasteiger partial charge in [0.05, 0.1) is 0 Å². The number of hydrogen-bond acceptors (Lipinski definition) is 3. The Kier molecular flexibility index (Phi) is 5.17. The van der Waals surface area contributed by atoms with E-state index in [-0.39, 0.29) is 11.8 Å². The van der Waals surface area contributed by atoms with Gasteiger partial charge in [-0.05, 0) is 37.1 Å². The molecule has 0 aliphatic rings. The Balaban J connectivity index is 2.13. The van der Waals surface area contributed by atoms with E-state index in [1.165, 1.54) is 19.5 Å². The van der Waals surface area contributed by atoms with Gasteiger partial charge in [-0.3, -0.25) is 4.79 Å². The Morgan fingerprint density at radius 2 is 1.30 bits per heavy atom. The van der Waals surface area contributed by atoms with Crippen molar-refractivity contribution in [3.8, 4) is 0 Å². The third kappa shape index (κ3) is 3.21. The SMILES string of the molecule is CCc1ccc(C(C)C(=O)C(C)c2ccc(CC)s2)s1. The van der Waals surface area contributed by atoms with E-state index in [9.17, 15) is 4.79 Å². The van der Waals surface area contributed by atoms with Crippen molar-refractivity contribution >= 4 is 28.5 Å². The number of carbonyl (C=O) groups is 1. The number of aryl methyl sites for hydroxylation is 2. The molecule has 0 spiro atoms. The van der Waals surface area contributed by atoms with Gasteiger partial charge < -0.3 is 0 Å². The van der Waals surface area contributed by atoms with Gasteiger partial charge in [0, 0.05) is 31.3 Å². The van der Waals surface area contributed by atoms with Gasteiger partial charge in [0.2, 0.25) is 0 Å². The zero-order valence-corrected chi connectivity index (χ0v) is 14.2. The topological polar surface area (TPSA) is 17.1 Å². The highest BCUT2D eigenvalue weighted by Crippen LogP contribution is 2.33. The Labute approximate surface area is 129 Å². The summed E-state index contributed by atoms with van der Waals surface area (Å²) in [6.07, 6.45) is 2.10. The van der Waals surface area contributed by atoms with Gasteiger partial charge in [-0.15, -0.1) is 22.7 Å². The molecule has 20 heavy (non-hydrogen) atoms. The van der Waals surface area contributed by atoms with Crippen LogP contribution in [0.2, 0.25) is 0 Å². The van der Waals surface area contributed by atoms with Crippen LogP contribution >= 0.6 is 22.7 Å². The molecule has 0 bridgehead atoms. The fourth-order valence-electron chi connectivity index (χ4n) is 2.29. The average molecular weight is 306 g/mol. The summed E-state index contributed by atoms with van der Waals surface area (Å²) in [7, 11) is 0. The number of rotatable bonds is 6. The van der Waals surface area contributed by atoms with Gasteiger partial charge in [-0.1, -0.05) is 27.7 Å². The van der Waals surface area contributed by atoms with Gasteiger partial charge in [0.25, 0.3) is 0 Å². The fraction of sp³-hybridized carbons (Fsp3) is 0.471. The van der Waals surface area contributed by atoms with Gasteiger partial charge in [-0.2, -0.15) is 0 Å². The highest BCUT2D eigenvalue weighted by atomic mass is 32.1. The van der Waals surface area contributed by atoms with Crippen molar-refractivity contribution in [3.05, 3.63) is 43.8 Å². The zero-order chi connectivity index (χ0) is 14.7. The molecule has 2 aromatic rings. The molecule has 0 fully saturated rings. The molecule has 0 amide bonds. The molecule has 0 aromatic carbocycles. The average Bonchev–Trinajstić information content (AvgIpc) is 3.13. The summed E-state index contributed by atoms with van der Waals surface area (Å²) in [5.74, 6) is 0.337. The van der Waals surface area contributed by atoms with Crippen molar-refractivity contribution in [1.29, 1.82) is 0 Å². The van der Waals surface area contributed by atoms with Crippen molar-refractivity contribution in [1.82, 2.24) is 0 Å². The lowest BCUT2D eigenvalue weighted by atomic mass is 9.93. The van der Waals surface area contributed by atoms with E-state index < -0.39 is 0 Å². The first kappa shape index (κ1) is 15.5. The van der Waals surface area contributed by atoms with E-state index in [4.69, 9.17) is 0 Å². The third-order valence-corrected chi connectivity index (χ3v) is 6.59. The van der Waals surface area contributed by atoms with E-state index in [0.717, 1.165) is 12.8 Å². The molecule has 1 nitrogen and oxygen atoms in total. The molecule has 0 saturated carbocycles. The molecule has 3 heteroatoms. The first-order chi connectivity index (χ1) is 9.56. The first-order valence-corrected chi connectivity index (χ1v) is 8.91. The normalized spacial score (nSPS) is 14.2. The first-order valence-electron chi connectivity index (χ1n) is 7.27. The number of carbonyl (C=O) groups excluding carboxylic acids is 1. The van der Waals surface area contributed by atoms with E-state index in [1.54, 1.807) is 22.7 Å². The second-order valence-electron chi connectivity index (χ2n) is 5.16. The van der Waals surface area contributed by atoms with Crippen LogP contribution in [0.4, 0.5) is 0 Å². The predicted molar refractivity (Wildman–Crippen MR) is 89.2 cm³/mol. The van der Waals surface area contributed by atoms with Crippen LogP contribution in [0.1, 0.15) is 59.0 Å². The highest BCUT2D eigenvalue weighted by Gasteiger charge is 2.24. The number of ketones is 1. The summed E-state index contributed by atoms with van der Waals surface area (Å²) >= 11 is 3.55. The molecular formula is C17H22OS2.